The van der Waals surface area contributed by atoms with E-state index >= 15 is 0 Å². The third kappa shape index (κ3) is 6.72. The molecule has 0 bridgehead atoms. The molecule has 0 spiro atoms. The van der Waals surface area contributed by atoms with E-state index in [4.69, 9.17) is 18.9 Å². The van der Waals surface area contributed by atoms with Crippen molar-refractivity contribution in [3.05, 3.63) is 42.6 Å². The minimum Gasteiger partial charge on any atom is -0.497 e. The molecule has 1 aromatic heterocycles. The van der Waals surface area contributed by atoms with E-state index in [1.54, 1.807) is 52.3 Å². The Morgan fingerprint density at radius 2 is 2.02 bits per heavy atom. The lowest BCUT2D eigenvalue weighted by atomic mass is 10.1. The molecule has 0 unspecified atom stereocenters. The van der Waals surface area contributed by atoms with Gasteiger partial charge in [0.2, 0.25) is 17.7 Å². The molecule has 236 valence electrons. The van der Waals surface area contributed by atoms with Gasteiger partial charge in [0.05, 0.1) is 20.3 Å². The molecule has 2 aromatic rings. The number of pyridine rings is 1. The molecule has 13 heteroatoms. The maximum absolute atomic E-state index is 14.0. The van der Waals surface area contributed by atoms with Crippen LogP contribution in [0.15, 0.2) is 42.6 Å². The summed E-state index contributed by atoms with van der Waals surface area (Å²) in [5.74, 6) is -1.72. The fraction of sp³-hybridized carbons (Fsp3) is 0.516. The summed E-state index contributed by atoms with van der Waals surface area (Å²) in [6.07, 6.45) is 4.00. The van der Waals surface area contributed by atoms with Crippen molar-refractivity contribution in [2.75, 3.05) is 26.9 Å². The normalized spacial score (nSPS) is 27.4. The number of carbonyl (C=O) groups is 4. The van der Waals surface area contributed by atoms with Crippen molar-refractivity contribution < 1.29 is 43.2 Å². The second-order valence-corrected chi connectivity index (χ2v) is 12.3. The number of alkyl carbamates (subject to hydrolysis) is 1. The van der Waals surface area contributed by atoms with E-state index in [1.165, 1.54) is 4.90 Å². The van der Waals surface area contributed by atoms with Gasteiger partial charge >= 0.3 is 12.1 Å². The fourth-order valence-corrected chi connectivity index (χ4v) is 5.63. The predicted octanol–water partition coefficient (Wildman–Crippen LogP) is 2.42. The number of nitrogens with one attached hydrogen (secondary N) is 2. The molecular weight excluding hydrogens is 572 g/mol. The summed E-state index contributed by atoms with van der Waals surface area (Å²) >= 11 is 0. The molecule has 2 aliphatic heterocycles. The average molecular weight is 611 g/mol. The molecule has 44 heavy (non-hydrogen) atoms. The van der Waals surface area contributed by atoms with Gasteiger partial charge in [0.15, 0.2) is 0 Å². The molecule has 1 aliphatic carbocycles. The summed E-state index contributed by atoms with van der Waals surface area (Å²) in [6, 6.07) is 5.13. The van der Waals surface area contributed by atoms with E-state index < -0.39 is 59.1 Å². The van der Waals surface area contributed by atoms with Gasteiger partial charge in [-0.15, -0.1) is 0 Å². The molecule has 3 aliphatic rings. The zero-order chi connectivity index (χ0) is 31.6. The van der Waals surface area contributed by atoms with E-state index in [1.807, 2.05) is 18.2 Å². The van der Waals surface area contributed by atoms with Crippen LogP contribution in [0.2, 0.25) is 0 Å². The predicted molar refractivity (Wildman–Crippen MR) is 157 cm³/mol. The number of methoxy groups -OCH3 is 1. The largest absolute Gasteiger partial charge is 0.497 e. The van der Waals surface area contributed by atoms with Gasteiger partial charge in [-0.05, 0) is 56.8 Å². The van der Waals surface area contributed by atoms with E-state index in [9.17, 15) is 24.3 Å². The summed E-state index contributed by atoms with van der Waals surface area (Å²) in [5.41, 5.74) is -2.28. The molecule has 1 aromatic carbocycles. The van der Waals surface area contributed by atoms with Crippen LogP contribution in [0.1, 0.15) is 40.0 Å². The molecular formula is C31H38N4O9. The van der Waals surface area contributed by atoms with E-state index in [2.05, 4.69) is 15.6 Å². The number of aromatic nitrogens is 1. The van der Waals surface area contributed by atoms with Crippen LogP contribution in [0.5, 0.6) is 11.6 Å². The number of aliphatic carboxylic acids is 1. The van der Waals surface area contributed by atoms with Crippen molar-refractivity contribution in [2.45, 2.75) is 69.4 Å². The zero-order valence-corrected chi connectivity index (χ0v) is 25.2. The van der Waals surface area contributed by atoms with Crippen LogP contribution in [0.3, 0.4) is 0 Å². The van der Waals surface area contributed by atoms with Gasteiger partial charge in [-0.1, -0.05) is 12.2 Å². The minimum absolute atomic E-state index is 0.00189. The highest BCUT2D eigenvalue weighted by atomic mass is 16.6. The Labute approximate surface area is 254 Å². The first kappa shape index (κ1) is 31.0. The SMILES string of the molecule is COc1ccc2c(O[C@@H]3C[C@H]4C(=O)N[C@]5(C(=O)O)C[C@@H]5C=CCOCC[C@H](NC(=O)OC(C)(C)C)C(=O)N4C3)nccc2c1. The molecule has 2 fully saturated rings. The van der Waals surface area contributed by atoms with Crippen LogP contribution in [-0.2, 0) is 23.9 Å². The highest BCUT2D eigenvalue weighted by Crippen LogP contribution is 2.45. The summed E-state index contributed by atoms with van der Waals surface area (Å²) in [6.45, 7) is 5.43. The smallest absolute Gasteiger partial charge is 0.408 e. The van der Waals surface area contributed by atoms with Crippen molar-refractivity contribution in [1.82, 2.24) is 20.5 Å². The van der Waals surface area contributed by atoms with Gasteiger partial charge in [0.25, 0.3) is 0 Å². The highest BCUT2D eigenvalue weighted by Gasteiger charge is 2.61. The summed E-state index contributed by atoms with van der Waals surface area (Å²) in [7, 11) is 1.57. The number of benzene rings is 1. The first-order valence-electron chi connectivity index (χ1n) is 14.6. The molecule has 3 amide bonds. The number of hydrogen-bond acceptors (Lipinski definition) is 9. The van der Waals surface area contributed by atoms with Gasteiger partial charge < -0.3 is 39.6 Å². The molecule has 0 radical (unpaired) electrons. The Morgan fingerprint density at radius 1 is 1.23 bits per heavy atom. The number of carboxylic acids is 1. The highest BCUT2D eigenvalue weighted by molar-refractivity contribution is 5.96. The standard InChI is InChI=1S/C31H38N4O9/c1-30(2,3)44-29(40)33-23-10-13-42-12-5-6-19-16-31(19,28(38)39)34-25(36)24-15-21(17-35(24)27(23)37)43-26-22-8-7-20(41-4)14-18(22)9-11-32-26/h5-9,11,14,19,21,23-24H,10,12-13,15-17H2,1-4H3,(H,33,40)(H,34,36)(H,38,39)/t19-,21+,23-,24-,31+/m0/s1. The molecule has 5 atom stereocenters. The summed E-state index contributed by atoms with van der Waals surface area (Å²) < 4.78 is 22.7. The van der Waals surface area contributed by atoms with Crippen molar-refractivity contribution in [3.8, 4) is 11.6 Å². The third-order valence-corrected chi connectivity index (χ3v) is 7.93. The Morgan fingerprint density at radius 3 is 2.75 bits per heavy atom. The van der Waals surface area contributed by atoms with Crippen LogP contribution >= 0.6 is 0 Å². The maximum Gasteiger partial charge on any atom is 0.408 e. The summed E-state index contributed by atoms with van der Waals surface area (Å²) in [5, 5.41) is 16.9. The molecule has 13 nitrogen and oxygen atoms in total. The number of hydrogen-bond donors (Lipinski definition) is 3. The molecule has 5 rings (SSSR count). The lowest BCUT2D eigenvalue weighted by Gasteiger charge is -2.30. The molecule has 1 saturated heterocycles. The average Bonchev–Trinajstić information content (AvgIpc) is 3.50. The Balaban J connectivity index is 1.44. The third-order valence-electron chi connectivity index (χ3n) is 7.93. The van der Waals surface area contributed by atoms with E-state index in [-0.39, 0.29) is 39.0 Å². The second kappa shape index (κ2) is 12.3. The Kier molecular flexibility index (Phi) is 8.69. The van der Waals surface area contributed by atoms with Gasteiger partial charge in [-0.2, -0.15) is 0 Å². The van der Waals surface area contributed by atoms with Crippen LogP contribution in [0, 0.1) is 5.92 Å². The number of ether oxygens (including phenoxy) is 4. The lowest BCUT2D eigenvalue weighted by molar-refractivity contribution is -0.145. The van der Waals surface area contributed by atoms with Crippen molar-refractivity contribution in [1.29, 1.82) is 0 Å². The fourth-order valence-electron chi connectivity index (χ4n) is 5.63. The van der Waals surface area contributed by atoms with E-state index in [0.29, 0.717) is 11.6 Å². The van der Waals surface area contributed by atoms with Crippen molar-refractivity contribution in [3.63, 3.8) is 0 Å². The number of amides is 3. The van der Waals surface area contributed by atoms with Crippen molar-refractivity contribution in [2.24, 2.45) is 5.92 Å². The number of rotatable bonds is 5. The van der Waals surface area contributed by atoms with Crippen LogP contribution < -0.4 is 20.1 Å². The van der Waals surface area contributed by atoms with Gasteiger partial charge in [-0.25, -0.2) is 14.6 Å². The number of nitrogens with zero attached hydrogens (tertiary/aromatic N) is 2. The molecule has 3 N–H and O–H groups in total. The van der Waals surface area contributed by atoms with Gasteiger partial charge in [0.1, 0.15) is 35.1 Å². The first-order chi connectivity index (χ1) is 20.9. The maximum atomic E-state index is 14.0. The quantitative estimate of drug-likeness (QED) is 0.428. The number of carboxylic acid groups (broad SMARTS) is 1. The lowest BCUT2D eigenvalue weighted by Crippen LogP contribution is -2.56. The van der Waals surface area contributed by atoms with Gasteiger partial charge in [0, 0.05) is 36.9 Å². The minimum atomic E-state index is -1.48. The Bertz CT molecular complexity index is 1470. The van der Waals surface area contributed by atoms with Gasteiger partial charge in [-0.3, -0.25) is 9.59 Å². The first-order valence-corrected chi connectivity index (χ1v) is 14.6. The zero-order valence-electron chi connectivity index (χ0n) is 25.2. The molecule has 3 heterocycles. The van der Waals surface area contributed by atoms with Crippen LogP contribution in [0.25, 0.3) is 10.8 Å². The number of carbonyl (C=O) groups excluding carboxylic acids is 3. The Hall–Kier alpha value is -4.39. The summed E-state index contributed by atoms with van der Waals surface area (Å²) in [4.78, 5) is 58.5. The van der Waals surface area contributed by atoms with Crippen LogP contribution in [0.4, 0.5) is 4.79 Å². The topological polar surface area (TPSA) is 166 Å². The van der Waals surface area contributed by atoms with E-state index in [0.717, 1.165) is 10.8 Å². The second-order valence-electron chi connectivity index (χ2n) is 12.3. The number of fused-ring (bicyclic) bond motifs is 3. The van der Waals surface area contributed by atoms with Crippen LogP contribution in [-0.4, -0.2) is 95.1 Å². The monoisotopic (exact) mass is 610 g/mol. The van der Waals surface area contributed by atoms with Crippen molar-refractivity contribution >= 4 is 34.6 Å². The molecule has 1 saturated carbocycles.